The normalized spacial score (nSPS) is 11.2. The fourth-order valence-electron chi connectivity index (χ4n) is 1.27. The van der Waals surface area contributed by atoms with Gasteiger partial charge in [-0.05, 0) is 12.1 Å². The van der Waals surface area contributed by atoms with Crippen LogP contribution in [0.5, 0.6) is 0 Å². The van der Waals surface area contributed by atoms with E-state index in [-0.39, 0.29) is 11.3 Å². The summed E-state index contributed by atoms with van der Waals surface area (Å²) >= 11 is 0. The zero-order valence-electron chi connectivity index (χ0n) is 9.14. The van der Waals surface area contributed by atoms with Crippen molar-refractivity contribution in [2.24, 2.45) is 5.84 Å². The average Bonchev–Trinajstić information content (AvgIpc) is 2.26. The molecule has 0 saturated carbocycles. The second kappa shape index (κ2) is 5.67. The monoisotopic (exact) mass is 265 g/mol. The summed E-state index contributed by atoms with van der Waals surface area (Å²) in [6.07, 6.45) is -5.51. The standard InChI is InChI=1S/C10H11F4N3O/c11-7-3-1-2-6(8(7)17-15)9(18)16-5-4-10(12,13)14/h1-3,17H,4-5,15H2,(H,16,18). The molecule has 0 radical (unpaired) electrons. The highest BCUT2D eigenvalue weighted by Gasteiger charge is 2.26. The highest BCUT2D eigenvalue weighted by Crippen LogP contribution is 2.20. The van der Waals surface area contributed by atoms with Gasteiger partial charge >= 0.3 is 6.18 Å². The SMILES string of the molecule is NNc1c(F)cccc1C(=O)NCCC(F)(F)F. The molecule has 0 saturated heterocycles. The molecule has 0 heterocycles. The van der Waals surface area contributed by atoms with Gasteiger partial charge in [0.25, 0.3) is 5.91 Å². The number of hydrogen-bond acceptors (Lipinski definition) is 3. The Bertz CT molecular complexity index is 434. The molecule has 0 fully saturated rings. The summed E-state index contributed by atoms with van der Waals surface area (Å²) in [6, 6.07) is 3.58. The van der Waals surface area contributed by atoms with Gasteiger partial charge in [-0.25, -0.2) is 4.39 Å². The van der Waals surface area contributed by atoms with Gasteiger partial charge in [0, 0.05) is 6.54 Å². The third kappa shape index (κ3) is 3.88. The summed E-state index contributed by atoms with van der Waals surface area (Å²) in [6.45, 7) is -0.580. The molecule has 0 atom stereocenters. The van der Waals surface area contributed by atoms with Crippen LogP contribution >= 0.6 is 0 Å². The number of nitrogen functional groups attached to an aromatic ring is 1. The van der Waals surface area contributed by atoms with Crippen LogP contribution in [0.3, 0.4) is 0 Å². The van der Waals surface area contributed by atoms with E-state index in [2.05, 4.69) is 0 Å². The lowest BCUT2D eigenvalue weighted by Gasteiger charge is -2.11. The van der Waals surface area contributed by atoms with Crippen molar-refractivity contribution in [1.29, 1.82) is 0 Å². The van der Waals surface area contributed by atoms with Crippen LogP contribution in [0.4, 0.5) is 23.2 Å². The van der Waals surface area contributed by atoms with E-state index in [0.717, 1.165) is 6.07 Å². The molecule has 0 unspecified atom stereocenters. The number of halogens is 4. The summed E-state index contributed by atoms with van der Waals surface area (Å²) in [7, 11) is 0. The fraction of sp³-hybridized carbons (Fsp3) is 0.300. The molecule has 1 amide bonds. The number of hydrogen-bond donors (Lipinski definition) is 3. The second-order valence-corrected chi connectivity index (χ2v) is 3.43. The van der Waals surface area contributed by atoms with Gasteiger partial charge in [-0.3, -0.25) is 10.6 Å². The van der Waals surface area contributed by atoms with E-state index in [1.165, 1.54) is 12.1 Å². The predicted octanol–water partition coefficient (Wildman–Crippen LogP) is 1.79. The number of hydrazine groups is 1. The van der Waals surface area contributed by atoms with Crippen molar-refractivity contribution in [3.8, 4) is 0 Å². The van der Waals surface area contributed by atoms with E-state index in [1.54, 1.807) is 0 Å². The van der Waals surface area contributed by atoms with E-state index in [9.17, 15) is 22.4 Å². The third-order valence-electron chi connectivity index (χ3n) is 2.10. The maximum Gasteiger partial charge on any atom is 0.390 e. The minimum atomic E-state index is -4.36. The van der Waals surface area contributed by atoms with Crippen molar-refractivity contribution < 1.29 is 22.4 Å². The van der Waals surface area contributed by atoms with Crippen molar-refractivity contribution in [3.05, 3.63) is 29.6 Å². The molecule has 18 heavy (non-hydrogen) atoms. The maximum atomic E-state index is 13.2. The van der Waals surface area contributed by atoms with Crippen LogP contribution in [-0.4, -0.2) is 18.6 Å². The van der Waals surface area contributed by atoms with Crippen LogP contribution in [0, 0.1) is 5.82 Å². The molecule has 4 nitrogen and oxygen atoms in total. The molecule has 8 heteroatoms. The van der Waals surface area contributed by atoms with Crippen LogP contribution < -0.4 is 16.6 Å². The molecule has 0 spiro atoms. The molecule has 1 aromatic rings. The van der Waals surface area contributed by atoms with E-state index < -0.39 is 30.9 Å². The third-order valence-corrected chi connectivity index (χ3v) is 2.10. The lowest BCUT2D eigenvalue weighted by Crippen LogP contribution is -2.29. The van der Waals surface area contributed by atoms with Crippen LogP contribution in [0.1, 0.15) is 16.8 Å². The Balaban J connectivity index is 2.70. The molecule has 0 aliphatic rings. The molecular weight excluding hydrogens is 254 g/mol. The number of nitrogens with two attached hydrogens (primary N) is 1. The Labute approximate surface area is 100 Å². The molecular formula is C10H11F4N3O. The Morgan fingerprint density at radius 3 is 2.56 bits per heavy atom. The number of benzene rings is 1. The van der Waals surface area contributed by atoms with Gasteiger partial charge in [0.1, 0.15) is 5.82 Å². The number of carbonyl (C=O) groups is 1. The largest absolute Gasteiger partial charge is 0.390 e. The van der Waals surface area contributed by atoms with Crippen molar-refractivity contribution in [2.45, 2.75) is 12.6 Å². The summed E-state index contributed by atoms with van der Waals surface area (Å²) in [5.41, 5.74) is 1.58. The van der Waals surface area contributed by atoms with Gasteiger partial charge in [-0.15, -0.1) is 0 Å². The van der Waals surface area contributed by atoms with E-state index in [1.807, 2.05) is 10.7 Å². The molecule has 4 N–H and O–H groups in total. The number of para-hydroxylation sites is 1. The van der Waals surface area contributed by atoms with Gasteiger partial charge in [-0.2, -0.15) is 13.2 Å². The Morgan fingerprint density at radius 1 is 1.33 bits per heavy atom. The van der Waals surface area contributed by atoms with Crippen LogP contribution in [0.25, 0.3) is 0 Å². The zero-order chi connectivity index (χ0) is 13.8. The maximum absolute atomic E-state index is 13.2. The highest BCUT2D eigenvalue weighted by molar-refractivity contribution is 5.99. The average molecular weight is 265 g/mol. The number of carbonyl (C=O) groups excluding carboxylic acids is 1. The first-order valence-electron chi connectivity index (χ1n) is 4.95. The molecule has 1 rings (SSSR count). The van der Waals surface area contributed by atoms with Crippen molar-refractivity contribution in [3.63, 3.8) is 0 Å². The summed E-state index contributed by atoms with van der Waals surface area (Å²) in [5, 5.41) is 2.04. The number of rotatable bonds is 4. The lowest BCUT2D eigenvalue weighted by molar-refractivity contribution is -0.132. The van der Waals surface area contributed by atoms with Gasteiger partial charge < -0.3 is 10.7 Å². The lowest BCUT2D eigenvalue weighted by atomic mass is 10.1. The Morgan fingerprint density at radius 2 is 2.00 bits per heavy atom. The van der Waals surface area contributed by atoms with Gasteiger partial charge in [-0.1, -0.05) is 6.07 Å². The quantitative estimate of drug-likeness (QED) is 0.442. The molecule has 0 aliphatic heterocycles. The molecule has 100 valence electrons. The summed E-state index contributed by atoms with van der Waals surface area (Å²) < 4.78 is 48.8. The van der Waals surface area contributed by atoms with Crippen LogP contribution in [0.2, 0.25) is 0 Å². The van der Waals surface area contributed by atoms with Gasteiger partial charge in [0.15, 0.2) is 0 Å². The van der Waals surface area contributed by atoms with E-state index >= 15 is 0 Å². The fourth-order valence-corrected chi connectivity index (χ4v) is 1.27. The first-order valence-corrected chi connectivity index (χ1v) is 4.95. The number of nitrogens with one attached hydrogen (secondary N) is 2. The molecule has 1 aromatic carbocycles. The van der Waals surface area contributed by atoms with Crippen LogP contribution in [-0.2, 0) is 0 Å². The van der Waals surface area contributed by atoms with Gasteiger partial charge in [0.2, 0.25) is 0 Å². The summed E-state index contributed by atoms with van der Waals surface area (Å²) in [5.74, 6) is 3.45. The Hall–Kier alpha value is -1.83. The molecule has 0 bridgehead atoms. The predicted molar refractivity (Wildman–Crippen MR) is 57.2 cm³/mol. The number of alkyl halides is 3. The summed E-state index contributed by atoms with van der Waals surface area (Å²) in [4.78, 5) is 11.5. The van der Waals surface area contributed by atoms with Crippen molar-refractivity contribution in [2.75, 3.05) is 12.0 Å². The second-order valence-electron chi connectivity index (χ2n) is 3.43. The van der Waals surface area contributed by atoms with Gasteiger partial charge in [0.05, 0.1) is 17.7 Å². The number of amides is 1. The first-order chi connectivity index (χ1) is 8.35. The van der Waals surface area contributed by atoms with Crippen LogP contribution in [0.15, 0.2) is 18.2 Å². The number of anilines is 1. The minimum Gasteiger partial charge on any atom is -0.352 e. The Kier molecular flexibility index (Phi) is 4.49. The van der Waals surface area contributed by atoms with E-state index in [4.69, 9.17) is 5.84 Å². The minimum absolute atomic E-state index is 0.153. The van der Waals surface area contributed by atoms with Crippen molar-refractivity contribution in [1.82, 2.24) is 5.32 Å². The first kappa shape index (κ1) is 14.2. The smallest absolute Gasteiger partial charge is 0.352 e. The van der Waals surface area contributed by atoms with Crippen molar-refractivity contribution >= 4 is 11.6 Å². The zero-order valence-corrected chi connectivity index (χ0v) is 9.14. The molecule has 0 aromatic heterocycles. The molecule has 0 aliphatic carbocycles. The highest BCUT2D eigenvalue weighted by atomic mass is 19.4. The van der Waals surface area contributed by atoms with E-state index in [0.29, 0.717) is 0 Å². The topological polar surface area (TPSA) is 67.1 Å².